The summed E-state index contributed by atoms with van der Waals surface area (Å²) in [5.74, 6) is 0.305. The minimum Gasteiger partial charge on any atom is -0.342 e. The Hall–Kier alpha value is -0.570. The number of nitrogens with zero attached hydrogens (tertiary/aromatic N) is 1. The summed E-state index contributed by atoms with van der Waals surface area (Å²) in [5.41, 5.74) is 0.183. The molecular weight excluding hydrogens is 260 g/mol. The van der Waals surface area contributed by atoms with Gasteiger partial charge in [0, 0.05) is 30.6 Å². The SMILES string of the molecule is CC(C)(C)C(=O)N1CCC(NC2CCCCC2(C)C)CC1. The topological polar surface area (TPSA) is 32.3 Å². The van der Waals surface area contributed by atoms with Crippen molar-refractivity contribution in [1.29, 1.82) is 0 Å². The molecule has 1 saturated heterocycles. The van der Waals surface area contributed by atoms with Crippen LogP contribution in [0.4, 0.5) is 0 Å². The van der Waals surface area contributed by atoms with Crippen molar-refractivity contribution in [2.24, 2.45) is 10.8 Å². The largest absolute Gasteiger partial charge is 0.342 e. The summed E-state index contributed by atoms with van der Waals surface area (Å²) in [4.78, 5) is 14.4. The number of hydrogen-bond acceptors (Lipinski definition) is 2. The van der Waals surface area contributed by atoms with Crippen LogP contribution in [0.25, 0.3) is 0 Å². The third-order valence-corrected chi connectivity index (χ3v) is 5.37. The maximum Gasteiger partial charge on any atom is 0.227 e. The molecule has 122 valence electrons. The number of carbonyl (C=O) groups excluding carboxylic acids is 1. The molecule has 0 bridgehead atoms. The summed E-state index contributed by atoms with van der Waals surface area (Å²) in [6.45, 7) is 12.7. The Morgan fingerprint density at radius 2 is 1.71 bits per heavy atom. The van der Waals surface area contributed by atoms with E-state index in [1.165, 1.54) is 25.7 Å². The molecule has 1 atom stereocenters. The normalized spacial score (nSPS) is 27.7. The second kappa shape index (κ2) is 6.28. The Bertz CT molecular complexity index is 362. The number of amides is 1. The lowest BCUT2D eigenvalue weighted by atomic mass is 9.73. The van der Waals surface area contributed by atoms with Gasteiger partial charge in [-0.1, -0.05) is 47.5 Å². The fourth-order valence-corrected chi connectivity index (χ4v) is 3.81. The summed E-state index contributed by atoms with van der Waals surface area (Å²) < 4.78 is 0. The molecule has 2 aliphatic rings. The molecule has 0 aromatic heterocycles. The van der Waals surface area contributed by atoms with Crippen LogP contribution < -0.4 is 5.32 Å². The van der Waals surface area contributed by atoms with Crippen molar-refractivity contribution in [3.05, 3.63) is 0 Å². The molecule has 2 fully saturated rings. The van der Waals surface area contributed by atoms with Crippen molar-refractivity contribution < 1.29 is 4.79 Å². The van der Waals surface area contributed by atoms with Crippen LogP contribution >= 0.6 is 0 Å². The number of nitrogens with one attached hydrogen (secondary N) is 1. The van der Waals surface area contributed by atoms with Gasteiger partial charge in [-0.2, -0.15) is 0 Å². The van der Waals surface area contributed by atoms with Gasteiger partial charge in [0.2, 0.25) is 5.91 Å². The predicted octanol–water partition coefficient (Wildman–Crippen LogP) is 3.58. The zero-order valence-corrected chi connectivity index (χ0v) is 14.7. The van der Waals surface area contributed by atoms with Crippen molar-refractivity contribution in [1.82, 2.24) is 10.2 Å². The molecule has 1 aliphatic heterocycles. The highest BCUT2D eigenvalue weighted by Crippen LogP contribution is 2.36. The number of hydrogen-bond donors (Lipinski definition) is 1. The first-order valence-corrected chi connectivity index (χ1v) is 8.75. The van der Waals surface area contributed by atoms with E-state index in [-0.39, 0.29) is 5.41 Å². The molecule has 1 aliphatic carbocycles. The third kappa shape index (κ3) is 4.21. The maximum absolute atomic E-state index is 12.3. The Labute approximate surface area is 130 Å². The molecule has 21 heavy (non-hydrogen) atoms. The third-order valence-electron chi connectivity index (χ3n) is 5.37. The van der Waals surface area contributed by atoms with Gasteiger partial charge in [-0.05, 0) is 31.1 Å². The summed E-state index contributed by atoms with van der Waals surface area (Å²) in [6, 6.07) is 1.25. The Morgan fingerprint density at radius 1 is 1.10 bits per heavy atom. The fraction of sp³-hybridized carbons (Fsp3) is 0.944. The smallest absolute Gasteiger partial charge is 0.227 e. The van der Waals surface area contributed by atoms with Crippen molar-refractivity contribution in [3.8, 4) is 0 Å². The molecule has 3 nitrogen and oxygen atoms in total. The minimum atomic E-state index is -0.244. The maximum atomic E-state index is 12.3. The molecule has 1 amide bonds. The summed E-state index contributed by atoms with van der Waals surface area (Å²) >= 11 is 0. The highest BCUT2D eigenvalue weighted by atomic mass is 16.2. The van der Waals surface area contributed by atoms with Crippen molar-refractivity contribution in [3.63, 3.8) is 0 Å². The van der Waals surface area contributed by atoms with Gasteiger partial charge in [0.05, 0.1) is 0 Å². The van der Waals surface area contributed by atoms with Crippen LogP contribution in [0.2, 0.25) is 0 Å². The first-order chi connectivity index (χ1) is 9.70. The molecule has 3 heteroatoms. The van der Waals surface area contributed by atoms with Gasteiger partial charge in [-0.25, -0.2) is 0 Å². The minimum absolute atomic E-state index is 0.244. The number of rotatable bonds is 2. The monoisotopic (exact) mass is 294 g/mol. The van der Waals surface area contributed by atoms with Crippen molar-refractivity contribution in [2.75, 3.05) is 13.1 Å². The average Bonchev–Trinajstić information content (AvgIpc) is 2.40. The zero-order valence-electron chi connectivity index (χ0n) is 14.7. The van der Waals surface area contributed by atoms with E-state index in [2.05, 4.69) is 24.1 Å². The van der Waals surface area contributed by atoms with Gasteiger partial charge in [-0.15, -0.1) is 0 Å². The highest BCUT2D eigenvalue weighted by Gasteiger charge is 2.35. The predicted molar refractivity (Wildman–Crippen MR) is 88.2 cm³/mol. The van der Waals surface area contributed by atoms with Crippen molar-refractivity contribution >= 4 is 5.91 Å². The fourth-order valence-electron chi connectivity index (χ4n) is 3.81. The van der Waals surface area contributed by atoms with E-state index in [1.54, 1.807) is 0 Å². The van der Waals surface area contributed by atoms with Gasteiger partial charge >= 0.3 is 0 Å². The van der Waals surface area contributed by atoms with Gasteiger partial charge in [0.15, 0.2) is 0 Å². The van der Waals surface area contributed by atoms with Gasteiger partial charge in [0.25, 0.3) is 0 Å². The summed E-state index contributed by atoms with van der Waals surface area (Å²) in [6.07, 6.45) is 7.61. The van der Waals surface area contributed by atoms with E-state index in [9.17, 15) is 4.79 Å². The second-order valence-electron chi connectivity index (χ2n) is 8.77. The Balaban J connectivity index is 1.83. The Kier molecular flexibility index (Phi) is 5.02. The lowest BCUT2D eigenvalue weighted by molar-refractivity contribution is -0.140. The van der Waals surface area contributed by atoms with Crippen LogP contribution in [0.15, 0.2) is 0 Å². The van der Waals surface area contributed by atoms with E-state index in [1.807, 2.05) is 20.8 Å². The van der Waals surface area contributed by atoms with Crippen LogP contribution in [-0.4, -0.2) is 36.0 Å². The van der Waals surface area contributed by atoms with E-state index < -0.39 is 0 Å². The molecule has 0 aromatic carbocycles. The average molecular weight is 294 g/mol. The van der Waals surface area contributed by atoms with E-state index in [4.69, 9.17) is 0 Å². The first kappa shape index (κ1) is 16.8. The van der Waals surface area contributed by atoms with Crippen LogP contribution in [0, 0.1) is 10.8 Å². The lowest BCUT2D eigenvalue weighted by Crippen LogP contribution is -2.53. The molecule has 1 saturated carbocycles. The molecular formula is C18H34N2O. The lowest BCUT2D eigenvalue weighted by Gasteiger charge is -2.43. The Morgan fingerprint density at radius 3 is 2.24 bits per heavy atom. The number of likely N-dealkylation sites (tertiary alicyclic amines) is 1. The number of piperidine rings is 1. The van der Waals surface area contributed by atoms with Crippen LogP contribution in [0.1, 0.15) is 73.1 Å². The standard InChI is InChI=1S/C18H34N2O/c1-17(2,3)16(21)20-12-9-14(10-13-20)19-15-8-6-7-11-18(15,4)5/h14-15,19H,6-13H2,1-5H3. The van der Waals surface area contributed by atoms with E-state index in [0.29, 0.717) is 23.4 Å². The van der Waals surface area contributed by atoms with Crippen LogP contribution in [0.5, 0.6) is 0 Å². The highest BCUT2D eigenvalue weighted by molar-refractivity contribution is 5.81. The molecule has 1 N–H and O–H groups in total. The van der Waals surface area contributed by atoms with Gasteiger partial charge in [0.1, 0.15) is 0 Å². The van der Waals surface area contributed by atoms with E-state index >= 15 is 0 Å². The molecule has 1 unspecified atom stereocenters. The molecule has 0 radical (unpaired) electrons. The molecule has 0 aromatic rings. The summed E-state index contributed by atoms with van der Waals surface area (Å²) in [5, 5.41) is 3.91. The molecule has 0 spiro atoms. The quantitative estimate of drug-likeness (QED) is 0.844. The van der Waals surface area contributed by atoms with Crippen molar-refractivity contribution in [2.45, 2.75) is 85.2 Å². The van der Waals surface area contributed by atoms with Crippen LogP contribution in [0.3, 0.4) is 0 Å². The second-order valence-corrected chi connectivity index (χ2v) is 8.77. The zero-order chi connectivity index (χ0) is 15.7. The summed E-state index contributed by atoms with van der Waals surface area (Å²) in [7, 11) is 0. The number of carbonyl (C=O) groups is 1. The van der Waals surface area contributed by atoms with Gasteiger partial charge in [-0.3, -0.25) is 4.79 Å². The van der Waals surface area contributed by atoms with Crippen LogP contribution in [-0.2, 0) is 4.79 Å². The molecule has 1 heterocycles. The van der Waals surface area contributed by atoms with E-state index in [0.717, 1.165) is 25.9 Å². The first-order valence-electron chi connectivity index (χ1n) is 8.75. The van der Waals surface area contributed by atoms with Gasteiger partial charge < -0.3 is 10.2 Å². The molecule has 2 rings (SSSR count).